The van der Waals surface area contributed by atoms with Crippen LogP contribution in [0.25, 0.3) is 11.3 Å². The molecule has 4 heteroatoms. The largest absolute Gasteiger partial charge is 0.364 e. The Kier molecular flexibility index (Phi) is 3.07. The zero-order valence-electron chi connectivity index (χ0n) is 9.84. The minimum Gasteiger partial charge on any atom is -0.364 e. The van der Waals surface area contributed by atoms with Crippen molar-refractivity contribution in [1.29, 1.82) is 0 Å². The zero-order valence-corrected chi connectivity index (χ0v) is 9.84. The molecule has 1 aromatic heterocycles. The van der Waals surface area contributed by atoms with Crippen molar-refractivity contribution in [1.82, 2.24) is 9.97 Å². The molecule has 2 N–H and O–H groups in total. The molecule has 1 aromatic carbocycles. The van der Waals surface area contributed by atoms with Crippen molar-refractivity contribution in [3.8, 4) is 23.6 Å². The standard InChI is InChI=1S/C14H11N3O/c1-3-10-5-4-6-11(7-10)12-8-16-9(2)13(17-12)14(15)18/h1,4-8H,2H3,(H2,15,18). The molecule has 88 valence electrons. The van der Waals surface area contributed by atoms with E-state index in [1.807, 2.05) is 24.3 Å². The summed E-state index contributed by atoms with van der Waals surface area (Å²) in [5, 5.41) is 0. The summed E-state index contributed by atoms with van der Waals surface area (Å²) in [5.41, 5.74) is 8.06. The van der Waals surface area contributed by atoms with Crippen molar-refractivity contribution in [2.45, 2.75) is 6.92 Å². The molecule has 0 aliphatic carbocycles. The van der Waals surface area contributed by atoms with E-state index in [9.17, 15) is 4.79 Å². The molecule has 0 fully saturated rings. The van der Waals surface area contributed by atoms with Gasteiger partial charge in [0.2, 0.25) is 0 Å². The van der Waals surface area contributed by atoms with Crippen LogP contribution in [0.5, 0.6) is 0 Å². The summed E-state index contributed by atoms with van der Waals surface area (Å²) < 4.78 is 0. The monoisotopic (exact) mass is 237 g/mol. The molecule has 0 unspecified atom stereocenters. The highest BCUT2D eigenvalue weighted by Gasteiger charge is 2.10. The summed E-state index contributed by atoms with van der Waals surface area (Å²) in [7, 11) is 0. The van der Waals surface area contributed by atoms with Crippen LogP contribution in [0, 0.1) is 19.3 Å². The Bertz CT molecular complexity index is 656. The lowest BCUT2D eigenvalue weighted by Crippen LogP contribution is -2.16. The number of terminal acetylenes is 1. The highest BCUT2D eigenvalue weighted by atomic mass is 16.1. The van der Waals surface area contributed by atoms with Gasteiger partial charge in [0, 0.05) is 11.1 Å². The predicted molar refractivity (Wildman–Crippen MR) is 68.7 cm³/mol. The number of rotatable bonds is 2. The Balaban J connectivity index is 2.54. The van der Waals surface area contributed by atoms with Gasteiger partial charge in [0.25, 0.3) is 5.91 Å². The number of carbonyl (C=O) groups excluding carboxylic acids is 1. The molecule has 1 heterocycles. The second-order valence-corrected chi connectivity index (χ2v) is 3.78. The molecule has 0 radical (unpaired) electrons. The van der Waals surface area contributed by atoms with Crippen molar-refractivity contribution in [3.05, 3.63) is 47.4 Å². The van der Waals surface area contributed by atoms with Gasteiger partial charge in [0.1, 0.15) is 5.69 Å². The van der Waals surface area contributed by atoms with Gasteiger partial charge in [-0.3, -0.25) is 9.78 Å². The normalized spacial score (nSPS) is 9.78. The molecule has 2 aromatic rings. The fourth-order valence-corrected chi connectivity index (χ4v) is 1.59. The van der Waals surface area contributed by atoms with Crippen molar-refractivity contribution in [2.24, 2.45) is 5.73 Å². The van der Waals surface area contributed by atoms with Crippen molar-refractivity contribution in [3.63, 3.8) is 0 Å². The number of hydrogen-bond acceptors (Lipinski definition) is 3. The van der Waals surface area contributed by atoms with Crippen LogP contribution in [0.2, 0.25) is 0 Å². The number of aryl methyl sites for hydroxylation is 1. The SMILES string of the molecule is C#Cc1cccc(-c2cnc(C)c(C(N)=O)n2)c1. The van der Waals surface area contributed by atoms with Crippen molar-refractivity contribution >= 4 is 5.91 Å². The van der Waals surface area contributed by atoms with E-state index < -0.39 is 5.91 Å². The summed E-state index contributed by atoms with van der Waals surface area (Å²) in [4.78, 5) is 19.5. The Hall–Kier alpha value is -2.67. The van der Waals surface area contributed by atoms with E-state index in [0.29, 0.717) is 11.4 Å². The summed E-state index contributed by atoms with van der Waals surface area (Å²) in [6, 6.07) is 7.31. The number of amides is 1. The predicted octanol–water partition coefficient (Wildman–Crippen LogP) is 1.53. The van der Waals surface area contributed by atoms with E-state index in [1.165, 1.54) is 0 Å². The third kappa shape index (κ3) is 2.20. The molecule has 1 amide bonds. The third-order valence-corrected chi connectivity index (χ3v) is 2.51. The smallest absolute Gasteiger partial charge is 0.269 e. The molecule has 0 saturated heterocycles. The average Bonchev–Trinajstić information content (AvgIpc) is 2.39. The number of carbonyl (C=O) groups is 1. The zero-order chi connectivity index (χ0) is 13.1. The summed E-state index contributed by atoms with van der Waals surface area (Å²) in [5.74, 6) is 1.96. The molecular weight excluding hydrogens is 226 g/mol. The van der Waals surface area contributed by atoms with Gasteiger partial charge in [-0.15, -0.1) is 6.42 Å². The molecule has 0 bridgehead atoms. The maximum atomic E-state index is 11.2. The highest BCUT2D eigenvalue weighted by molar-refractivity contribution is 5.92. The minimum atomic E-state index is -0.588. The van der Waals surface area contributed by atoms with Gasteiger partial charge in [-0.25, -0.2) is 4.98 Å². The van der Waals surface area contributed by atoms with Crippen LogP contribution in [0.1, 0.15) is 21.7 Å². The molecule has 4 nitrogen and oxygen atoms in total. The lowest BCUT2D eigenvalue weighted by molar-refractivity contribution is 0.0994. The summed E-state index contributed by atoms with van der Waals surface area (Å²) in [6.45, 7) is 1.69. The number of hydrogen-bond donors (Lipinski definition) is 1. The molecule has 0 spiro atoms. The lowest BCUT2D eigenvalue weighted by Gasteiger charge is -2.05. The minimum absolute atomic E-state index is 0.179. The van der Waals surface area contributed by atoms with Crippen molar-refractivity contribution in [2.75, 3.05) is 0 Å². The Morgan fingerprint density at radius 3 is 2.89 bits per heavy atom. The van der Waals surface area contributed by atoms with Crippen LogP contribution in [0.3, 0.4) is 0 Å². The fourth-order valence-electron chi connectivity index (χ4n) is 1.59. The lowest BCUT2D eigenvalue weighted by atomic mass is 10.1. The summed E-state index contributed by atoms with van der Waals surface area (Å²) >= 11 is 0. The van der Waals surface area contributed by atoms with Gasteiger partial charge in [-0.2, -0.15) is 0 Å². The van der Waals surface area contributed by atoms with E-state index in [2.05, 4.69) is 15.9 Å². The topological polar surface area (TPSA) is 68.9 Å². The fraction of sp³-hybridized carbons (Fsp3) is 0.0714. The maximum Gasteiger partial charge on any atom is 0.269 e. The highest BCUT2D eigenvalue weighted by Crippen LogP contribution is 2.18. The Morgan fingerprint density at radius 2 is 2.22 bits per heavy atom. The van der Waals surface area contributed by atoms with Gasteiger partial charge in [-0.05, 0) is 19.1 Å². The van der Waals surface area contributed by atoms with Crippen LogP contribution in [0.4, 0.5) is 0 Å². The third-order valence-electron chi connectivity index (χ3n) is 2.51. The molecule has 0 aliphatic rings. The van der Waals surface area contributed by atoms with Gasteiger partial charge >= 0.3 is 0 Å². The maximum absolute atomic E-state index is 11.2. The van der Waals surface area contributed by atoms with E-state index in [1.54, 1.807) is 13.1 Å². The average molecular weight is 237 g/mol. The Morgan fingerprint density at radius 1 is 1.44 bits per heavy atom. The first-order chi connectivity index (χ1) is 8.61. The second kappa shape index (κ2) is 4.68. The summed E-state index contributed by atoms with van der Waals surface area (Å²) in [6.07, 6.45) is 6.93. The van der Waals surface area contributed by atoms with E-state index >= 15 is 0 Å². The van der Waals surface area contributed by atoms with Crippen LogP contribution in [0.15, 0.2) is 30.5 Å². The van der Waals surface area contributed by atoms with Crippen LogP contribution in [-0.2, 0) is 0 Å². The quantitative estimate of drug-likeness (QED) is 0.805. The number of primary amides is 1. The number of nitrogens with two attached hydrogens (primary N) is 1. The molecule has 2 rings (SSSR count). The first-order valence-corrected chi connectivity index (χ1v) is 5.32. The number of benzene rings is 1. The second-order valence-electron chi connectivity index (χ2n) is 3.78. The van der Waals surface area contributed by atoms with Gasteiger partial charge in [0.15, 0.2) is 0 Å². The van der Waals surface area contributed by atoms with Crippen LogP contribution >= 0.6 is 0 Å². The van der Waals surface area contributed by atoms with E-state index in [0.717, 1.165) is 11.1 Å². The molecular formula is C14H11N3O. The van der Waals surface area contributed by atoms with E-state index in [4.69, 9.17) is 12.2 Å². The molecule has 0 saturated carbocycles. The van der Waals surface area contributed by atoms with Gasteiger partial charge in [0.05, 0.1) is 17.6 Å². The van der Waals surface area contributed by atoms with E-state index in [-0.39, 0.29) is 5.69 Å². The van der Waals surface area contributed by atoms with Gasteiger partial charge in [-0.1, -0.05) is 18.1 Å². The number of aromatic nitrogens is 2. The number of nitrogens with zero attached hydrogens (tertiary/aromatic N) is 2. The first kappa shape index (κ1) is 11.8. The van der Waals surface area contributed by atoms with Crippen LogP contribution in [-0.4, -0.2) is 15.9 Å². The molecule has 0 aliphatic heterocycles. The van der Waals surface area contributed by atoms with Crippen molar-refractivity contribution < 1.29 is 4.79 Å². The van der Waals surface area contributed by atoms with Crippen LogP contribution < -0.4 is 5.73 Å². The Labute approximate surface area is 105 Å². The molecule has 0 atom stereocenters. The first-order valence-electron chi connectivity index (χ1n) is 5.32. The molecule has 18 heavy (non-hydrogen) atoms. The van der Waals surface area contributed by atoms with Gasteiger partial charge < -0.3 is 5.73 Å².